The summed E-state index contributed by atoms with van der Waals surface area (Å²) in [6, 6.07) is 2.04. The molecule has 24 heavy (non-hydrogen) atoms. The molecule has 130 valence electrons. The number of nitrogens with zero attached hydrogens (tertiary/aromatic N) is 4. The Bertz CT molecular complexity index is 738. The van der Waals surface area contributed by atoms with Crippen molar-refractivity contribution in [3.05, 3.63) is 35.8 Å². The predicted octanol–water partition coefficient (Wildman–Crippen LogP) is 2.84. The molecule has 0 spiro atoms. The van der Waals surface area contributed by atoms with Crippen molar-refractivity contribution in [2.45, 2.75) is 45.6 Å². The van der Waals surface area contributed by atoms with E-state index < -0.39 is 0 Å². The summed E-state index contributed by atoms with van der Waals surface area (Å²) in [7, 11) is 2.14. The lowest BCUT2D eigenvalue weighted by Crippen LogP contribution is -2.61. The van der Waals surface area contributed by atoms with Crippen LogP contribution in [-0.2, 0) is 6.42 Å². The molecule has 3 heterocycles. The lowest BCUT2D eigenvalue weighted by Gasteiger charge is -2.51. The van der Waals surface area contributed by atoms with Gasteiger partial charge in [-0.15, -0.1) is 0 Å². The molecule has 5 heteroatoms. The lowest BCUT2D eigenvalue weighted by molar-refractivity contribution is -0.00110. The number of carbonyl (C=O) groups is 1. The number of carbonyl (C=O) groups excluding carboxylic acids is 1. The highest BCUT2D eigenvalue weighted by Crippen LogP contribution is 2.35. The smallest absolute Gasteiger partial charge is 0.256 e. The minimum absolute atomic E-state index is 0.0184. The second-order valence-corrected chi connectivity index (χ2v) is 7.11. The highest BCUT2D eigenvalue weighted by Gasteiger charge is 2.43. The number of imidazole rings is 1. The monoisotopic (exact) mass is 328 g/mol. The predicted molar refractivity (Wildman–Crippen MR) is 96.4 cm³/mol. The third kappa shape index (κ3) is 2.93. The molecule has 1 fully saturated rings. The van der Waals surface area contributed by atoms with Crippen molar-refractivity contribution in [2.75, 3.05) is 26.7 Å². The first-order valence-electron chi connectivity index (χ1n) is 8.94. The van der Waals surface area contributed by atoms with Gasteiger partial charge in [0.2, 0.25) is 0 Å². The van der Waals surface area contributed by atoms with E-state index in [0.717, 1.165) is 55.7 Å². The average Bonchev–Trinajstić information content (AvgIpc) is 3.04. The summed E-state index contributed by atoms with van der Waals surface area (Å²) in [4.78, 5) is 21.9. The van der Waals surface area contributed by atoms with Crippen LogP contribution in [0, 0.1) is 0 Å². The second-order valence-electron chi connectivity index (χ2n) is 7.11. The summed E-state index contributed by atoms with van der Waals surface area (Å²) >= 11 is 0. The van der Waals surface area contributed by atoms with Gasteiger partial charge in [0.1, 0.15) is 5.65 Å². The zero-order valence-corrected chi connectivity index (χ0v) is 15.2. The van der Waals surface area contributed by atoms with Crippen LogP contribution in [0.15, 0.2) is 24.7 Å². The first-order valence-corrected chi connectivity index (χ1v) is 8.94. The van der Waals surface area contributed by atoms with E-state index in [2.05, 4.69) is 42.6 Å². The molecule has 0 aliphatic carbocycles. The van der Waals surface area contributed by atoms with Gasteiger partial charge in [-0.1, -0.05) is 13.8 Å². The number of rotatable bonds is 6. The maximum Gasteiger partial charge on any atom is 0.256 e. The van der Waals surface area contributed by atoms with Gasteiger partial charge in [0.15, 0.2) is 0 Å². The molecule has 5 nitrogen and oxygen atoms in total. The van der Waals surface area contributed by atoms with Gasteiger partial charge in [0.25, 0.3) is 5.91 Å². The third-order valence-corrected chi connectivity index (χ3v) is 5.57. The Morgan fingerprint density at radius 1 is 1.42 bits per heavy atom. The van der Waals surface area contributed by atoms with Gasteiger partial charge in [-0.2, -0.15) is 0 Å². The number of pyridine rings is 1. The molecule has 1 aliphatic rings. The standard InChI is InChI=1S/C19H28N4O/c1-5-15-13-17-20-9-12-22(17)14-16(15)18(24)23-11-8-19(23,3)7-10-21(4)6-2/h9,12-14H,5-8,10-11H2,1-4H3. The van der Waals surface area contributed by atoms with E-state index in [1.54, 1.807) is 6.20 Å². The van der Waals surface area contributed by atoms with E-state index in [0.29, 0.717) is 0 Å². The molecular weight excluding hydrogens is 300 g/mol. The van der Waals surface area contributed by atoms with E-state index in [4.69, 9.17) is 0 Å². The maximum atomic E-state index is 13.2. The van der Waals surface area contributed by atoms with Crippen LogP contribution in [-0.4, -0.2) is 57.3 Å². The van der Waals surface area contributed by atoms with Crippen molar-refractivity contribution in [3.8, 4) is 0 Å². The molecule has 1 atom stereocenters. The molecule has 3 rings (SSSR count). The molecule has 1 aliphatic heterocycles. The Morgan fingerprint density at radius 2 is 2.21 bits per heavy atom. The van der Waals surface area contributed by atoms with Gasteiger partial charge >= 0.3 is 0 Å². The van der Waals surface area contributed by atoms with Gasteiger partial charge in [0, 0.05) is 37.2 Å². The van der Waals surface area contributed by atoms with Crippen LogP contribution in [0.25, 0.3) is 5.65 Å². The molecule has 2 aromatic heterocycles. The van der Waals surface area contributed by atoms with E-state index >= 15 is 0 Å². The summed E-state index contributed by atoms with van der Waals surface area (Å²) in [6.07, 6.45) is 8.57. The summed E-state index contributed by atoms with van der Waals surface area (Å²) in [6.45, 7) is 9.41. The SMILES string of the molecule is CCc1cc2nccn2cc1C(=O)N1CCC1(C)CCN(C)CC. The molecule has 1 amide bonds. The number of amides is 1. The van der Waals surface area contributed by atoms with Crippen molar-refractivity contribution in [1.29, 1.82) is 0 Å². The average molecular weight is 328 g/mol. The van der Waals surface area contributed by atoms with Gasteiger partial charge < -0.3 is 14.2 Å². The lowest BCUT2D eigenvalue weighted by atomic mass is 9.82. The van der Waals surface area contributed by atoms with Crippen LogP contribution >= 0.6 is 0 Å². The normalized spacial score (nSPS) is 20.6. The fraction of sp³-hybridized carbons (Fsp3) is 0.579. The second kappa shape index (κ2) is 6.55. The summed E-state index contributed by atoms with van der Waals surface area (Å²) in [5.74, 6) is 0.162. The Hall–Kier alpha value is -1.88. The number of hydrogen-bond acceptors (Lipinski definition) is 3. The molecule has 2 aromatic rings. The van der Waals surface area contributed by atoms with Crippen molar-refractivity contribution in [1.82, 2.24) is 19.2 Å². The highest BCUT2D eigenvalue weighted by atomic mass is 16.2. The van der Waals surface area contributed by atoms with E-state index in [-0.39, 0.29) is 11.4 Å². The van der Waals surface area contributed by atoms with Gasteiger partial charge in [-0.05, 0) is 51.4 Å². The Kier molecular flexibility index (Phi) is 4.63. The first-order chi connectivity index (χ1) is 11.5. The maximum absolute atomic E-state index is 13.2. The van der Waals surface area contributed by atoms with Crippen LogP contribution in [0.3, 0.4) is 0 Å². The van der Waals surface area contributed by atoms with Crippen molar-refractivity contribution >= 4 is 11.6 Å². The fourth-order valence-corrected chi connectivity index (χ4v) is 3.43. The van der Waals surface area contributed by atoms with Crippen molar-refractivity contribution in [2.24, 2.45) is 0 Å². The minimum atomic E-state index is -0.0184. The minimum Gasteiger partial charge on any atom is -0.333 e. The molecule has 0 bridgehead atoms. The topological polar surface area (TPSA) is 40.9 Å². The number of hydrogen-bond donors (Lipinski definition) is 0. The van der Waals surface area contributed by atoms with Crippen LogP contribution in [0.5, 0.6) is 0 Å². The third-order valence-electron chi connectivity index (χ3n) is 5.57. The Balaban J connectivity index is 1.83. The van der Waals surface area contributed by atoms with Crippen LogP contribution in [0.2, 0.25) is 0 Å². The summed E-state index contributed by atoms with van der Waals surface area (Å²) < 4.78 is 1.94. The largest absolute Gasteiger partial charge is 0.333 e. The van der Waals surface area contributed by atoms with E-state index in [9.17, 15) is 4.79 Å². The zero-order chi connectivity index (χ0) is 17.3. The van der Waals surface area contributed by atoms with Crippen molar-refractivity contribution in [3.63, 3.8) is 0 Å². The molecule has 1 unspecified atom stereocenters. The number of aryl methyl sites for hydroxylation is 1. The van der Waals surface area contributed by atoms with E-state index in [1.165, 1.54) is 0 Å². The number of likely N-dealkylation sites (tertiary alicyclic amines) is 1. The quantitative estimate of drug-likeness (QED) is 0.819. The van der Waals surface area contributed by atoms with E-state index in [1.807, 2.05) is 22.9 Å². The molecule has 0 saturated carbocycles. The zero-order valence-electron chi connectivity index (χ0n) is 15.2. The molecule has 1 saturated heterocycles. The van der Waals surface area contributed by atoms with Crippen LogP contribution < -0.4 is 0 Å². The molecular formula is C19H28N4O. The summed E-state index contributed by atoms with van der Waals surface area (Å²) in [5.41, 5.74) is 2.78. The van der Waals surface area contributed by atoms with Gasteiger partial charge in [-0.3, -0.25) is 4.79 Å². The summed E-state index contributed by atoms with van der Waals surface area (Å²) in [5, 5.41) is 0. The number of aromatic nitrogens is 2. The Labute approximate surface area is 144 Å². The molecule has 0 N–H and O–H groups in total. The highest BCUT2D eigenvalue weighted by molar-refractivity contribution is 5.97. The first kappa shape index (κ1) is 17.0. The molecule has 0 radical (unpaired) electrons. The fourth-order valence-electron chi connectivity index (χ4n) is 3.43. The van der Waals surface area contributed by atoms with Crippen LogP contribution in [0.4, 0.5) is 0 Å². The van der Waals surface area contributed by atoms with Crippen molar-refractivity contribution < 1.29 is 4.79 Å². The molecule has 0 aromatic carbocycles. The number of fused-ring (bicyclic) bond motifs is 1. The van der Waals surface area contributed by atoms with Gasteiger partial charge in [0.05, 0.1) is 5.56 Å². The van der Waals surface area contributed by atoms with Gasteiger partial charge in [-0.25, -0.2) is 4.98 Å². The van der Waals surface area contributed by atoms with Crippen LogP contribution in [0.1, 0.15) is 49.5 Å². The Morgan fingerprint density at radius 3 is 2.83 bits per heavy atom.